The van der Waals surface area contributed by atoms with Crippen molar-refractivity contribution in [3.63, 3.8) is 0 Å². The molecule has 0 aliphatic carbocycles. The molecule has 0 saturated carbocycles. The number of hydrogen-bond acceptors (Lipinski definition) is 5. The standard InChI is InChI=1S/C16H17ClN4O3/c1-2-13-19-20-14-4-3-10(7-21(13)14)18-16(22)9-5-11(17)15-12(6-9)23-8-24-15/h5-6,10H,2-4,7-8H2,1H3,(H,18,22)/t10-/m0/s1. The van der Waals surface area contributed by atoms with Crippen molar-refractivity contribution in [2.24, 2.45) is 0 Å². The first-order valence-corrected chi connectivity index (χ1v) is 8.34. The van der Waals surface area contributed by atoms with Crippen molar-refractivity contribution in [2.45, 2.75) is 38.8 Å². The summed E-state index contributed by atoms with van der Waals surface area (Å²) >= 11 is 6.15. The molecule has 0 radical (unpaired) electrons. The molecular weight excluding hydrogens is 332 g/mol. The summed E-state index contributed by atoms with van der Waals surface area (Å²) in [7, 11) is 0. The van der Waals surface area contributed by atoms with Crippen molar-refractivity contribution in [2.75, 3.05) is 6.79 Å². The van der Waals surface area contributed by atoms with Crippen molar-refractivity contribution in [3.05, 3.63) is 34.4 Å². The summed E-state index contributed by atoms with van der Waals surface area (Å²) in [6, 6.07) is 3.30. The van der Waals surface area contributed by atoms with E-state index in [2.05, 4.69) is 20.1 Å². The van der Waals surface area contributed by atoms with Gasteiger partial charge >= 0.3 is 0 Å². The van der Waals surface area contributed by atoms with Crippen LogP contribution in [0.1, 0.15) is 35.4 Å². The molecule has 126 valence electrons. The van der Waals surface area contributed by atoms with E-state index in [4.69, 9.17) is 21.1 Å². The van der Waals surface area contributed by atoms with Gasteiger partial charge in [0.15, 0.2) is 11.5 Å². The highest BCUT2D eigenvalue weighted by Gasteiger charge is 2.25. The second-order valence-electron chi connectivity index (χ2n) is 5.90. The van der Waals surface area contributed by atoms with Crippen molar-refractivity contribution >= 4 is 17.5 Å². The maximum absolute atomic E-state index is 12.6. The Bertz CT molecular complexity index is 791. The van der Waals surface area contributed by atoms with Crippen LogP contribution in [0.2, 0.25) is 5.02 Å². The lowest BCUT2D eigenvalue weighted by Gasteiger charge is -2.25. The van der Waals surface area contributed by atoms with E-state index in [-0.39, 0.29) is 18.7 Å². The number of aromatic nitrogens is 3. The van der Waals surface area contributed by atoms with Gasteiger partial charge < -0.3 is 19.4 Å². The number of aryl methyl sites for hydroxylation is 2. The van der Waals surface area contributed by atoms with Crippen LogP contribution in [0.15, 0.2) is 12.1 Å². The lowest BCUT2D eigenvalue weighted by atomic mass is 10.1. The summed E-state index contributed by atoms with van der Waals surface area (Å²) in [5.41, 5.74) is 0.467. The second kappa shape index (κ2) is 5.98. The predicted octanol–water partition coefficient (Wildman–Crippen LogP) is 1.97. The molecule has 1 N–H and O–H groups in total. The number of fused-ring (bicyclic) bond motifs is 2. The van der Waals surface area contributed by atoms with Gasteiger partial charge in [-0.25, -0.2) is 0 Å². The number of nitrogens with zero attached hydrogens (tertiary/aromatic N) is 3. The summed E-state index contributed by atoms with van der Waals surface area (Å²) in [6.45, 7) is 2.86. The maximum atomic E-state index is 12.6. The third kappa shape index (κ3) is 2.58. The molecule has 1 aromatic heterocycles. The van der Waals surface area contributed by atoms with E-state index in [9.17, 15) is 4.79 Å². The highest BCUT2D eigenvalue weighted by molar-refractivity contribution is 6.32. The van der Waals surface area contributed by atoms with E-state index in [0.29, 0.717) is 28.6 Å². The van der Waals surface area contributed by atoms with E-state index in [1.54, 1.807) is 12.1 Å². The lowest BCUT2D eigenvalue weighted by Crippen LogP contribution is -2.41. The molecule has 0 unspecified atom stereocenters. The maximum Gasteiger partial charge on any atom is 0.251 e. The predicted molar refractivity (Wildman–Crippen MR) is 86.6 cm³/mol. The van der Waals surface area contributed by atoms with Crippen LogP contribution in [0.3, 0.4) is 0 Å². The van der Waals surface area contributed by atoms with Crippen LogP contribution in [0.5, 0.6) is 11.5 Å². The van der Waals surface area contributed by atoms with Gasteiger partial charge in [0, 0.05) is 31.0 Å². The summed E-state index contributed by atoms with van der Waals surface area (Å²) in [5, 5.41) is 11.8. The Balaban J connectivity index is 1.50. The van der Waals surface area contributed by atoms with Crippen LogP contribution in [-0.2, 0) is 19.4 Å². The number of hydrogen-bond donors (Lipinski definition) is 1. The quantitative estimate of drug-likeness (QED) is 0.917. The first kappa shape index (κ1) is 15.3. The van der Waals surface area contributed by atoms with Crippen LogP contribution in [-0.4, -0.2) is 33.5 Å². The van der Waals surface area contributed by atoms with Gasteiger partial charge in [0.25, 0.3) is 5.91 Å². The third-order valence-electron chi connectivity index (χ3n) is 4.36. The number of amides is 1. The van der Waals surface area contributed by atoms with Crippen molar-refractivity contribution in [1.29, 1.82) is 0 Å². The van der Waals surface area contributed by atoms with Crippen LogP contribution >= 0.6 is 11.6 Å². The molecule has 0 bridgehead atoms. The molecule has 1 aromatic carbocycles. The molecule has 0 fully saturated rings. The SMILES string of the molecule is CCc1nnc2n1C[C@@H](NC(=O)c1cc(Cl)c3c(c1)OCO3)CC2. The third-order valence-corrected chi connectivity index (χ3v) is 4.64. The average molecular weight is 349 g/mol. The van der Waals surface area contributed by atoms with Gasteiger partial charge in [-0.2, -0.15) is 0 Å². The van der Waals surface area contributed by atoms with Crippen molar-refractivity contribution in [3.8, 4) is 11.5 Å². The van der Waals surface area contributed by atoms with E-state index in [1.165, 1.54) is 0 Å². The summed E-state index contributed by atoms with van der Waals surface area (Å²) in [6.07, 6.45) is 2.47. The average Bonchev–Trinajstić information content (AvgIpc) is 3.20. The number of benzene rings is 1. The molecule has 4 rings (SSSR count). The van der Waals surface area contributed by atoms with Gasteiger partial charge in [0.1, 0.15) is 11.6 Å². The number of carbonyl (C=O) groups is 1. The molecule has 1 amide bonds. The number of rotatable bonds is 3. The molecular formula is C16H17ClN4O3. The highest BCUT2D eigenvalue weighted by atomic mass is 35.5. The Morgan fingerprint density at radius 1 is 1.42 bits per heavy atom. The van der Waals surface area contributed by atoms with Crippen LogP contribution in [0.25, 0.3) is 0 Å². The summed E-state index contributed by atoms with van der Waals surface area (Å²) in [4.78, 5) is 12.6. The van der Waals surface area contributed by atoms with Gasteiger partial charge in [0.2, 0.25) is 6.79 Å². The minimum absolute atomic E-state index is 0.0375. The Labute approximate surface area is 143 Å². The lowest BCUT2D eigenvalue weighted by molar-refractivity contribution is 0.0927. The number of halogens is 1. The first-order valence-electron chi connectivity index (χ1n) is 7.96. The normalized spacial score (nSPS) is 18.3. The van der Waals surface area contributed by atoms with Gasteiger partial charge in [-0.05, 0) is 18.6 Å². The van der Waals surface area contributed by atoms with Crippen LogP contribution < -0.4 is 14.8 Å². The summed E-state index contributed by atoms with van der Waals surface area (Å²) < 4.78 is 12.7. The molecule has 0 saturated heterocycles. The minimum Gasteiger partial charge on any atom is -0.454 e. The molecule has 2 aliphatic rings. The van der Waals surface area contributed by atoms with E-state index < -0.39 is 0 Å². The van der Waals surface area contributed by atoms with Gasteiger partial charge in [-0.3, -0.25) is 4.79 Å². The molecule has 8 heteroatoms. The van der Waals surface area contributed by atoms with Crippen molar-refractivity contribution in [1.82, 2.24) is 20.1 Å². The van der Waals surface area contributed by atoms with Crippen molar-refractivity contribution < 1.29 is 14.3 Å². The van der Waals surface area contributed by atoms with Crippen LogP contribution in [0.4, 0.5) is 0 Å². The Kier molecular flexibility index (Phi) is 3.80. The zero-order chi connectivity index (χ0) is 16.7. The van der Waals surface area contributed by atoms with E-state index >= 15 is 0 Å². The number of ether oxygens (including phenoxy) is 2. The largest absolute Gasteiger partial charge is 0.454 e. The fraction of sp³-hybridized carbons (Fsp3) is 0.438. The first-order chi connectivity index (χ1) is 11.7. The van der Waals surface area contributed by atoms with Gasteiger partial charge in [-0.15, -0.1) is 10.2 Å². The molecule has 7 nitrogen and oxygen atoms in total. The molecule has 2 aliphatic heterocycles. The van der Waals surface area contributed by atoms with E-state index in [1.807, 2.05) is 6.92 Å². The summed E-state index contributed by atoms with van der Waals surface area (Å²) in [5.74, 6) is 2.77. The number of nitrogens with one attached hydrogen (secondary N) is 1. The smallest absolute Gasteiger partial charge is 0.251 e. The van der Waals surface area contributed by atoms with Gasteiger partial charge in [0.05, 0.1) is 5.02 Å². The van der Waals surface area contributed by atoms with E-state index in [0.717, 1.165) is 30.9 Å². The molecule has 1 atom stereocenters. The fourth-order valence-electron chi connectivity index (χ4n) is 3.13. The Morgan fingerprint density at radius 3 is 3.12 bits per heavy atom. The fourth-order valence-corrected chi connectivity index (χ4v) is 3.39. The Morgan fingerprint density at radius 2 is 2.29 bits per heavy atom. The number of carbonyl (C=O) groups excluding carboxylic acids is 1. The highest BCUT2D eigenvalue weighted by Crippen LogP contribution is 2.39. The molecule has 2 aromatic rings. The van der Waals surface area contributed by atoms with Gasteiger partial charge in [-0.1, -0.05) is 18.5 Å². The topological polar surface area (TPSA) is 78.3 Å². The second-order valence-corrected chi connectivity index (χ2v) is 6.30. The minimum atomic E-state index is -0.172. The molecule has 0 spiro atoms. The monoisotopic (exact) mass is 348 g/mol. The van der Waals surface area contributed by atoms with Crippen LogP contribution in [0, 0.1) is 0 Å². The molecule has 3 heterocycles. The molecule has 24 heavy (non-hydrogen) atoms. The Hall–Kier alpha value is -2.28. The zero-order valence-electron chi connectivity index (χ0n) is 13.2. The zero-order valence-corrected chi connectivity index (χ0v) is 14.0.